The van der Waals surface area contributed by atoms with Crippen molar-refractivity contribution in [2.45, 2.75) is 75.9 Å². The van der Waals surface area contributed by atoms with Gasteiger partial charge in [-0.15, -0.1) is 0 Å². The maximum atomic E-state index is 14.7. The Balaban J connectivity index is 1.58. The van der Waals surface area contributed by atoms with E-state index in [1.807, 2.05) is 68.4 Å². The van der Waals surface area contributed by atoms with Crippen molar-refractivity contribution < 1.29 is 18.0 Å². The molecule has 0 aromatic heterocycles. The zero-order valence-corrected chi connectivity index (χ0v) is 30.4. The molecule has 2 amide bonds. The topological polar surface area (TPSA) is 86.8 Å². The lowest BCUT2D eigenvalue weighted by Crippen LogP contribution is -2.55. The molecule has 4 aromatic rings. The van der Waals surface area contributed by atoms with E-state index in [0.29, 0.717) is 5.02 Å². The average molecular weight is 751 g/mol. The molecule has 1 aliphatic rings. The van der Waals surface area contributed by atoms with Gasteiger partial charge in [-0.3, -0.25) is 13.9 Å². The molecule has 10 heteroatoms. The van der Waals surface area contributed by atoms with E-state index in [1.165, 1.54) is 17.0 Å². The van der Waals surface area contributed by atoms with Gasteiger partial charge in [0.25, 0.3) is 10.0 Å². The van der Waals surface area contributed by atoms with Gasteiger partial charge in [0.05, 0.1) is 10.6 Å². The summed E-state index contributed by atoms with van der Waals surface area (Å²) in [6.45, 7) is 3.27. The Labute approximate surface area is 297 Å². The molecule has 5 rings (SSSR count). The minimum absolute atomic E-state index is 0.0282. The van der Waals surface area contributed by atoms with Gasteiger partial charge in [0.2, 0.25) is 11.8 Å². The second kappa shape index (κ2) is 16.2. The lowest BCUT2D eigenvalue weighted by molar-refractivity contribution is -0.140. The van der Waals surface area contributed by atoms with Crippen LogP contribution in [0.3, 0.4) is 0 Å². The fraction of sp³-hybridized carbons (Fsp3) is 0.316. The fourth-order valence-corrected chi connectivity index (χ4v) is 8.06. The van der Waals surface area contributed by atoms with Crippen LogP contribution in [0.15, 0.2) is 106 Å². The third-order valence-corrected chi connectivity index (χ3v) is 11.5. The second-order valence-corrected chi connectivity index (χ2v) is 15.6. The number of halogens is 2. The Morgan fingerprint density at radius 2 is 1.56 bits per heavy atom. The number of sulfonamides is 1. The highest BCUT2D eigenvalue weighted by molar-refractivity contribution is 9.10. The first-order chi connectivity index (χ1) is 23.0. The van der Waals surface area contributed by atoms with Gasteiger partial charge in [0.15, 0.2) is 0 Å². The number of carbonyl (C=O) groups is 2. The van der Waals surface area contributed by atoms with Crippen molar-refractivity contribution in [3.63, 3.8) is 0 Å². The number of hydrogen-bond acceptors (Lipinski definition) is 4. The predicted molar refractivity (Wildman–Crippen MR) is 196 cm³/mol. The SMILES string of the molecule is Cc1ccc(S(=O)(=O)N(CC(=O)N(Cc2cccc(Br)c2)[C@@H](Cc2ccccc2)C(=O)NC2CCCCC2)c2ccc(C)c(Cl)c2)cc1. The maximum Gasteiger partial charge on any atom is 0.264 e. The summed E-state index contributed by atoms with van der Waals surface area (Å²) in [6, 6.07) is 27.7. The molecule has 0 spiro atoms. The smallest absolute Gasteiger partial charge is 0.264 e. The minimum atomic E-state index is -4.22. The summed E-state index contributed by atoms with van der Waals surface area (Å²) in [5, 5.41) is 3.62. The van der Waals surface area contributed by atoms with Crippen molar-refractivity contribution in [1.82, 2.24) is 10.2 Å². The Bertz CT molecular complexity index is 1830. The quantitative estimate of drug-likeness (QED) is 0.159. The van der Waals surface area contributed by atoms with Gasteiger partial charge < -0.3 is 10.2 Å². The van der Waals surface area contributed by atoms with E-state index in [-0.39, 0.29) is 35.5 Å². The standard InChI is InChI=1S/C38H41BrClN3O4S/c1-27-16-20-34(21-17-27)48(46,47)43(33-19-18-28(2)35(40)24-33)26-37(44)42(25-30-12-9-13-31(39)22-30)36(23-29-10-5-3-6-11-29)38(45)41-32-14-7-4-8-15-32/h3,5-6,9-13,16-22,24,32,36H,4,7-8,14-15,23,25-26H2,1-2H3,(H,41,45)/t36-/m0/s1. The van der Waals surface area contributed by atoms with Gasteiger partial charge in [0, 0.05) is 28.5 Å². The molecule has 1 saturated carbocycles. The van der Waals surface area contributed by atoms with Crippen LogP contribution in [-0.2, 0) is 32.6 Å². The molecule has 0 saturated heterocycles. The third kappa shape index (κ3) is 9.07. The summed E-state index contributed by atoms with van der Waals surface area (Å²) in [4.78, 5) is 30.5. The van der Waals surface area contributed by atoms with Gasteiger partial charge in [-0.25, -0.2) is 8.42 Å². The molecule has 1 fully saturated rings. The van der Waals surface area contributed by atoms with Crippen LogP contribution >= 0.6 is 27.5 Å². The molecule has 0 bridgehead atoms. The molecule has 1 N–H and O–H groups in total. The number of amides is 2. The van der Waals surface area contributed by atoms with Gasteiger partial charge in [-0.05, 0) is 79.8 Å². The number of carbonyl (C=O) groups excluding carboxylic acids is 2. The van der Waals surface area contributed by atoms with E-state index in [9.17, 15) is 18.0 Å². The summed E-state index contributed by atoms with van der Waals surface area (Å²) in [5.74, 6) is -0.762. The third-order valence-electron chi connectivity index (χ3n) is 8.80. The molecule has 0 unspecified atom stereocenters. The molecular weight excluding hydrogens is 710 g/mol. The first-order valence-electron chi connectivity index (χ1n) is 16.2. The molecule has 0 heterocycles. The van der Waals surface area contributed by atoms with E-state index in [2.05, 4.69) is 21.2 Å². The largest absolute Gasteiger partial charge is 0.352 e. The monoisotopic (exact) mass is 749 g/mol. The van der Waals surface area contributed by atoms with Crippen LogP contribution in [0, 0.1) is 13.8 Å². The molecule has 4 aromatic carbocycles. The predicted octanol–water partition coefficient (Wildman–Crippen LogP) is 8.00. The number of benzene rings is 4. The zero-order valence-electron chi connectivity index (χ0n) is 27.2. The fourth-order valence-electron chi connectivity index (χ4n) is 6.03. The van der Waals surface area contributed by atoms with Gasteiger partial charge in [-0.2, -0.15) is 0 Å². The second-order valence-electron chi connectivity index (χ2n) is 12.5. The van der Waals surface area contributed by atoms with Crippen molar-refractivity contribution in [3.05, 3.63) is 129 Å². The maximum absolute atomic E-state index is 14.7. The number of rotatable bonds is 12. The Kier molecular flexibility index (Phi) is 12.0. The first-order valence-corrected chi connectivity index (χ1v) is 18.9. The molecule has 1 aliphatic carbocycles. The Hall–Kier alpha value is -3.66. The molecule has 7 nitrogen and oxygen atoms in total. The number of anilines is 1. The van der Waals surface area contributed by atoms with Gasteiger partial charge >= 0.3 is 0 Å². The number of nitrogens with one attached hydrogen (secondary N) is 1. The summed E-state index contributed by atoms with van der Waals surface area (Å²) in [5.41, 5.74) is 3.63. The van der Waals surface area contributed by atoms with E-state index in [0.717, 1.165) is 63.1 Å². The van der Waals surface area contributed by atoms with Gasteiger partial charge in [-0.1, -0.05) is 113 Å². The van der Waals surface area contributed by atoms with Crippen molar-refractivity contribution in [1.29, 1.82) is 0 Å². The highest BCUT2D eigenvalue weighted by Gasteiger charge is 2.35. The highest BCUT2D eigenvalue weighted by atomic mass is 79.9. The van der Waals surface area contributed by atoms with Crippen LogP contribution in [0.5, 0.6) is 0 Å². The summed E-state index contributed by atoms with van der Waals surface area (Å²) in [6.07, 6.45) is 5.27. The van der Waals surface area contributed by atoms with Crippen LogP contribution in [0.25, 0.3) is 0 Å². The van der Waals surface area contributed by atoms with Crippen molar-refractivity contribution in [3.8, 4) is 0 Å². The van der Waals surface area contributed by atoms with Gasteiger partial charge in [0.1, 0.15) is 12.6 Å². The van der Waals surface area contributed by atoms with E-state index in [4.69, 9.17) is 11.6 Å². The summed E-state index contributed by atoms with van der Waals surface area (Å²) >= 11 is 10.0. The Morgan fingerprint density at radius 3 is 2.23 bits per heavy atom. The highest BCUT2D eigenvalue weighted by Crippen LogP contribution is 2.29. The number of nitrogens with zero attached hydrogens (tertiary/aromatic N) is 2. The van der Waals surface area contributed by atoms with Crippen LogP contribution < -0.4 is 9.62 Å². The van der Waals surface area contributed by atoms with Crippen molar-refractivity contribution in [2.24, 2.45) is 0 Å². The summed E-state index contributed by atoms with van der Waals surface area (Å²) < 4.78 is 30.5. The van der Waals surface area contributed by atoms with Crippen molar-refractivity contribution in [2.75, 3.05) is 10.8 Å². The normalized spacial score (nSPS) is 14.2. The van der Waals surface area contributed by atoms with Crippen LogP contribution in [0.1, 0.15) is 54.4 Å². The molecule has 0 aliphatic heterocycles. The first kappa shape index (κ1) is 35.6. The molecule has 0 radical (unpaired) electrons. The minimum Gasteiger partial charge on any atom is -0.352 e. The molecule has 1 atom stereocenters. The number of aryl methyl sites for hydroxylation is 2. The van der Waals surface area contributed by atoms with Crippen LogP contribution in [0.2, 0.25) is 5.02 Å². The molecular formula is C38H41BrClN3O4S. The average Bonchev–Trinajstić information content (AvgIpc) is 3.07. The van der Waals surface area contributed by atoms with E-state index < -0.39 is 28.5 Å². The van der Waals surface area contributed by atoms with E-state index in [1.54, 1.807) is 30.3 Å². The van der Waals surface area contributed by atoms with E-state index >= 15 is 0 Å². The summed E-state index contributed by atoms with van der Waals surface area (Å²) in [7, 11) is -4.22. The molecule has 252 valence electrons. The lowest BCUT2D eigenvalue weighted by Gasteiger charge is -2.35. The lowest BCUT2D eigenvalue weighted by atomic mass is 9.94. The Morgan fingerprint density at radius 1 is 0.875 bits per heavy atom. The van der Waals surface area contributed by atoms with Crippen LogP contribution in [0.4, 0.5) is 5.69 Å². The zero-order chi connectivity index (χ0) is 34.3. The van der Waals surface area contributed by atoms with Crippen molar-refractivity contribution >= 4 is 55.1 Å². The molecule has 48 heavy (non-hydrogen) atoms. The number of hydrogen-bond donors (Lipinski definition) is 1. The van der Waals surface area contributed by atoms with Crippen LogP contribution in [-0.4, -0.2) is 43.8 Å².